The van der Waals surface area contributed by atoms with Crippen LogP contribution in [0.1, 0.15) is 19.4 Å². The van der Waals surface area contributed by atoms with Crippen molar-refractivity contribution in [2.75, 3.05) is 11.1 Å². The molecule has 0 aliphatic rings. The van der Waals surface area contributed by atoms with Crippen LogP contribution in [-0.2, 0) is 4.79 Å². The summed E-state index contributed by atoms with van der Waals surface area (Å²) in [6.07, 6.45) is 1.53. The second-order valence-electron chi connectivity index (χ2n) is 4.05. The summed E-state index contributed by atoms with van der Waals surface area (Å²) in [6, 6.07) is 1.78. The van der Waals surface area contributed by atoms with Crippen molar-refractivity contribution in [1.82, 2.24) is 4.98 Å². The van der Waals surface area contributed by atoms with E-state index >= 15 is 0 Å². The molecule has 0 bridgehead atoms. The first-order valence-corrected chi connectivity index (χ1v) is 4.63. The average Bonchev–Trinajstić information content (AvgIpc) is 2.09. The van der Waals surface area contributed by atoms with Crippen molar-refractivity contribution in [2.24, 2.45) is 5.73 Å². The predicted octanol–water partition coefficient (Wildman–Crippen LogP) is 0.648. The minimum absolute atomic E-state index is 0.430. The summed E-state index contributed by atoms with van der Waals surface area (Å²) >= 11 is 0. The second-order valence-corrected chi connectivity index (χ2v) is 4.05. The second kappa shape index (κ2) is 3.76. The standard InChI is InChI=1S/C10H16N4O/c1-6-4-7(11)5-13-8(6)14-10(2,3)9(12)15/h4-5H,11H2,1-3H3,(H2,12,15)(H,13,14). The normalized spacial score (nSPS) is 11.1. The van der Waals surface area contributed by atoms with E-state index in [-0.39, 0.29) is 0 Å². The van der Waals surface area contributed by atoms with Gasteiger partial charge in [-0.15, -0.1) is 0 Å². The number of amides is 1. The molecular formula is C10H16N4O. The smallest absolute Gasteiger partial charge is 0.242 e. The number of nitrogens with two attached hydrogens (primary N) is 2. The minimum Gasteiger partial charge on any atom is -0.397 e. The van der Waals surface area contributed by atoms with Gasteiger partial charge in [0.2, 0.25) is 5.91 Å². The lowest BCUT2D eigenvalue weighted by Crippen LogP contribution is -2.45. The van der Waals surface area contributed by atoms with Crippen molar-refractivity contribution in [1.29, 1.82) is 0 Å². The zero-order valence-electron chi connectivity index (χ0n) is 9.16. The molecule has 0 atom stereocenters. The van der Waals surface area contributed by atoms with E-state index in [9.17, 15) is 4.79 Å². The van der Waals surface area contributed by atoms with Crippen molar-refractivity contribution in [3.63, 3.8) is 0 Å². The Bertz CT molecular complexity index is 387. The first kappa shape index (κ1) is 11.3. The Morgan fingerprint density at radius 1 is 1.53 bits per heavy atom. The van der Waals surface area contributed by atoms with Crippen LogP contribution < -0.4 is 16.8 Å². The highest BCUT2D eigenvalue weighted by atomic mass is 16.1. The fraction of sp³-hybridized carbons (Fsp3) is 0.400. The Kier molecular flexibility index (Phi) is 2.83. The Morgan fingerprint density at radius 3 is 2.60 bits per heavy atom. The molecule has 0 unspecified atom stereocenters. The minimum atomic E-state index is -0.826. The maximum Gasteiger partial charge on any atom is 0.242 e. The van der Waals surface area contributed by atoms with Gasteiger partial charge in [0.25, 0.3) is 0 Å². The SMILES string of the molecule is Cc1cc(N)cnc1NC(C)(C)C(N)=O. The van der Waals surface area contributed by atoms with Crippen LogP contribution in [0.5, 0.6) is 0 Å². The molecule has 0 saturated heterocycles. The third-order valence-electron chi connectivity index (χ3n) is 2.15. The molecule has 82 valence electrons. The number of pyridine rings is 1. The van der Waals surface area contributed by atoms with E-state index in [1.165, 1.54) is 6.20 Å². The van der Waals surface area contributed by atoms with Crippen LogP contribution in [0.2, 0.25) is 0 Å². The maximum atomic E-state index is 11.1. The molecule has 0 aromatic carbocycles. The van der Waals surface area contributed by atoms with E-state index in [2.05, 4.69) is 10.3 Å². The van der Waals surface area contributed by atoms with Crippen LogP contribution in [0.4, 0.5) is 11.5 Å². The largest absolute Gasteiger partial charge is 0.397 e. The lowest BCUT2D eigenvalue weighted by Gasteiger charge is -2.23. The highest BCUT2D eigenvalue weighted by molar-refractivity contribution is 5.86. The lowest BCUT2D eigenvalue weighted by atomic mass is 10.0. The summed E-state index contributed by atoms with van der Waals surface area (Å²) < 4.78 is 0. The molecule has 0 radical (unpaired) electrons. The van der Waals surface area contributed by atoms with Gasteiger partial charge in [0.05, 0.1) is 11.9 Å². The molecule has 5 heteroatoms. The summed E-state index contributed by atoms with van der Waals surface area (Å²) in [5.41, 5.74) is 11.5. The van der Waals surface area contributed by atoms with Crippen LogP contribution >= 0.6 is 0 Å². The molecule has 1 aromatic heterocycles. The summed E-state index contributed by atoms with van der Waals surface area (Å²) in [4.78, 5) is 15.2. The molecule has 1 heterocycles. The lowest BCUT2D eigenvalue weighted by molar-refractivity contribution is -0.121. The van der Waals surface area contributed by atoms with Gasteiger partial charge in [0.15, 0.2) is 0 Å². The van der Waals surface area contributed by atoms with E-state index in [1.54, 1.807) is 19.9 Å². The molecule has 0 spiro atoms. The number of aromatic nitrogens is 1. The molecule has 1 aromatic rings. The Morgan fingerprint density at radius 2 is 2.13 bits per heavy atom. The van der Waals surface area contributed by atoms with E-state index in [1.807, 2.05) is 6.92 Å². The summed E-state index contributed by atoms with van der Waals surface area (Å²) in [6.45, 7) is 5.27. The zero-order valence-corrected chi connectivity index (χ0v) is 9.16. The quantitative estimate of drug-likeness (QED) is 0.679. The van der Waals surface area contributed by atoms with Gasteiger partial charge in [-0.05, 0) is 32.4 Å². The molecule has 5 nitrogen and oxygen atoms in total. The third-order valence-corrected chi connectivity index (χ3v) is 2.15. The number of hydrogen-bond acceptors (Lipinski definition) is 4. The van der Waals surface area contributed by atoms with Crippen molar-refractivity contribution < 1.29 is 4.79 Å². The predicted molar refractivity (Wildman–Crippen MR) is 60.3 cm³/mol. The highest BCUT2D eigenvalue weighted by Gasteiger charge is 2.25. The number of nitrogens with zero attached hydrogens (tertiary/aromatic N) is 1. The van der Waals surface area contributed by atoms with Crippen LogP contribution in [0.15, 0.2) is 12.3 Å². The third kappa shape index (κ3) is 2.59. The molecule has 0 fully saturated rings. The fourth-order valence-corrected chi connectivity index (χ4v) is 1.08. The monoisotopic (exact) mass is 208 g/mol. The van der Waals surface area contributed by atoms with Crippen molar-refractivity contribution in [3.8, 4) is 0 Å². The van der Waals surface area contributed by atoms with Crippen molar-refractivity contribution in [3.05, 3.63) is 17.8 Å². The Balaban J connectivity index is 2.95. The van der Waals surface area contributed by atoms with E-state index < -0.39 is 11.4 Å². The highest BCUT2D eigenvalue weighted by Crippen LogP contribution is 2.18. The van der Waals surface area contributed by atoms with Gasteiger partial charge in [-0.1, -0.05) is 0 Å². The number of anilines is 2. The summed E-state index contributed by atoms with van der Waals surface area (Å²) in [5, 5.41) is 2.97. The number of nitrogens with one attached hydrogen (secondary N) is 1. The molecule has 0 aliphatic heterocycles. The van der Waals surface area contributed by atoms with Crippen molar-refractivity contribution in [2.45, 2.75) is 26.3 Å². The fourth-order valence-electron chi connectivity index (χ4n) is 1.08. The Hall–Kier alpha value is -1.78. The van der Waals surface area contributed by atoms with Crippen LogP contribution in [-0.4, -0.2) is 16.4 Å². The van der Waals surface area contributed by atoms with Gasteiger partial charge in [0, 0.05) is 0 Å². The number of rotatable bonds is 3. The number of hydrogen-bond donors (Lipinski definition) is 3. The Labute approximate surface area is 88.9 Å². The van der Waals surface area contributed by atoms with E-state index in [0.717, 1.165) is 5.56 Å². The van der Waals surface area contributed by atoms with Crippen LogP contribution in [0.25, 0.3) is 0 Å². The van der Waals surface area contributed by atoms with Gasteiger partial charge in [0.1, 0.15) is 11.4 Å². The molecule has 15 heavy (non-hydrogen) atoms. The molecule has 0 aliphatic carbocycles. The van der Waals surface area contributed by atoms with Gasteiger partial charge in [-0.3, -0.25) is 4.79 Å². The number of aryl methyl sites for hydroxylation is 1. The number of primary amides is 1. The molecular weight excluding hydrogens is 192 g/mol. The van der Waals surface area contributed by atoms with E-state index in [4.69, 9.17) is 11.5 Å². The van der Waals surface area contributed by atoms with Gasteiger partial charge in [-0.2, -0.15) is 0 Å². The average molecular weight is 208 g/mol. The molecule has 0 saturated carbocycles. The van der Waals surface area contributed by atoms with Crippen LogP contribution in [0.3, 0.4) is 0 Å². The maximum absolute atomic E-state index is 11.1. The van der Waals surface area contributed by atoms with Gasteiger partial charge < -0.3 is 16.8 Å². The molecule has 1 amide bonds. The van der Waals surface area contributed by atoms with Gasteiger partial charge >= 0.3 is 0 Å². The topological polar surface area (TPSA) is 94.0 Å². The summed E-state index contributed by atoms with van der Waals surface area (Å²) in [7, 11) is 0. The van der Waals surface area contributed by atoms with Crippen molar-refractivity contribution >= 4 is 17.4 Å². The van der Waals surface area contributed by atoms with Gasteiger partial charge in [-0.25, -0.2) is 4.98 Å². The number of carbonyl (C=O) groups is 1. The van der Waals surface area contributed by atoms with E-state index in [0.29, 0.717) is 11.5 Å². The first-order chi connectivity index (χ1) is 6.83. The number of nitrogen functional groups attached to an aromatic ring is 1. The molecule has 5 N–H and O–H groups in total. The molecule has 1 rings (SSSR count). The van der Waals surface area contributed by atoms with Crippen LogP contribution in [0, 0.1) is 6.92 Å². The zero-order chi connectivity index (χ0) is 11.6. The first-order valence-electron chi connectivity index (χ1n) is 4.63. The number of carbonyl (C=O) groups excluding carboxylic acids is 1. The summed E-state index contributed by atoms with van der Waals surface area (Å²) in [5.74, 6) is 0.188.